The van der Waals surface area contributed by atoms with Crippen LogP contribution in [0.15, 0.2) is 0 Å². The van der Waals surface area contributed by atoms with Crippen molar-refractivity contribution in [3.05, 3.63) is 0 Å². The van der Waals surface area contributed by atoms with Crippen LogP contribution in [-0.4, -0.2) is 29.8 Å². The van der Waals surface area contributed by atoms with E-state index in [0.717, 1.165) is 31.7 Å². The summed E-state index contributed by atoms with van der Waals surface area (Å²) in [7, 11) is 0. The van der Waals surface area contributed by atoms with E-state index in [1.807, 2.05) is 13.8 Å². The molecule has 1 aliphatic carbocycles. The minimum absolute atomic E-state index is 0.0170. The third-order valence-corrected chi connectivity index (χ3v) is 3.63. The Bertz CT molecular complexity index is 242. The largest absolute Gasteiger partial charge is 0.394 e. The fourth-order valence-electron chi connectivity index (χ4n) is 2.22. The maximum Gasteiger partial charge on any atom is 0.315 e. The Morgan fingerprint density at radius 2 is 2.18 bits per heavy atom. The lowest BCUT2D eigenvalue weighted by atomic mass is 9.83. The molecule has 0 saturated heterocycles. The lowest BCUT2D eigenvalue weighted by Crippen LogP contribution is -2.52. The van der Waals surface area contributed by atoms with Gasteiger partial charge in [0, 0.05) is 6.54 Å². The first kappa shape index (κ1) is 14.3. The first-order valence-corrected chi connectivity index (χ1v) is 6.76. The molecule has 17 heavy (non-hydrogen) atoms. The van der Waals surface area contributed by atoms with Crippen molar-refractivity contribution in [2.24, 2.45) is 5.92 Å². The van der Waals surface area contributed by atoms with Crippen molar-refractivity contribution in [2.45, 2.75) is 57.9 Å². The summed E-state index contributed by atoms with van der Waals surface area (Å²) in [6.45, 7) is 4.65. The Kier molecular flexibility index (Phi) is 5.75. The van der Waals surface area contributed by atoms with E-state index in [1.165, 1.54) is 19.3 Å². The van der Waals surface area contributed by atoms with Crippen LogP contribution in [0.5, 0.6) is 0 Å². The highest BCUT2D eigenvalue weighted by Crippen LogP contribution is 2.28. The molecule has 0 aromatic rings. The van der Waals surface area contributed by atoms with Gasteiger partial charge in [-0.05, 0) is 25.7 Å². The maximum absolute atomic E-state index is 11.6. The van der Waals surface area contributed by atoms with E-state index in [2.05, 4.69) is 10.6 Å². The Balaban J connectivity index is 2.17. The highest BCUT2D eigenvalue weighted by molar-refractivity contribution is 5.74. The van der Waals surface area contributed by atoms with Gasteiger partial charge in [0.2, 0.25) is 0 Å². The number of hydrogen-bond acceptors (Lipinski definition) is 2. The molecule has 3 N–H and O–H groups in total. The fourth-order valence-corrected chi connectivity index (χ4v) is 2.22. The lowest BCUT2D eigenvalue weighted by molar-refractivity contribution is 0.163. The predicted molar refractivity (Wildman–Crippen MR) is 68.9 cm³/mol. The molecule has 1 atom stereocenters. The van der Waals surface area contributed by atoms with Crippen LogP contribution in [0.25, 0.3) is 0 Å². The van der Waals surface area contributed by atoms with Crippen LogP contribution in [0, 0.1) is 5.92 Å². The van der Waals surface area contributed by atoms with Gasteiger partial charge in [0.15, 0.2) is 0 Å². The molecule has 1 saturated carbocycles. The lowest BCUT2D eigenvalue weighted by Gasteiger charge is -2.29. The summed E-state index contributed by atoms with van der Waals surface area (Å²) < 4.78 is 0. The predicted octanol–water partition coefficient (Wildman–Crippen LogP) is 2.03. The number of carbonyl (C=O) groups is 1. The summed E-state index contributed by atoms with van der Waals surface area (Å²) in [5, 5.41) is 15.0. The van der Waals surface area contributed by atoms with Gasteiger partial charge in [0.25, 0.3) is 0 Å². The molecule has 0 bridgehead atoms. The standard InChI is InChI=1S/C13H26N2O2/c1-3-8-13(2,10-16)15-12(17)14-9-7-11-5-4-6-11/h11,16H,3-10H2,1-2H3,(H2,14,15,17). The molecule has 4 nitrogen and oxygen atoms in total. The molecule has 4 heteroatoms. The number of hydrogen-bond donors (Lipinski definition) is 3. The molecule has 1 fully saturated rings. The Morgan fingerprint density at radius 3 is 2.65 bits per heavy atom. The number of carbonyl (C=O) groups excluding carboxylic acids is 1. The van der Waals surface area contributed by atoms with Crippen molar-refractivity contribution in [3.8, 4) is 0 Å². The van der Waals surface area contributed by atoms with Gasteiger partial charge < -0.3 is 15.7 Å². The van der Waals surface area contributed by atoms with Crippen molar-refractivity contribution in [2.75, 3.05) is 13.2 Å². The highest BCUT2D eigenvalue weighted by Gasteiger charge is 2.24. The Hall–Kier alpha value is -0.770. The van der Waals surface area contributed by atoms with Gasteiger partial charge in [0.1, 0.15) is 0 Å². The van der Waals surface area contributed by atoms with Crippen molar-refractivity contribution in [3.63, 3.8) is 0 Å². The van der Waals surface area contributed by atoms with Crippen molar-refractivity contribution < 1.29 is 9.90 Å². The molecule has 100 valence electrons. The first-order chi connectivity index (χ1) is 8.09. The molecule has 0 radical (unpaired) electrons. The fraction of sp³-hybridized carbons (Fsp3) is 0.923. The molecule has 0 aromatic heterocycles. The van der Waals surface area contributed by atoms with Crippen molar-refractivity contribution in [1.82, 2.24) is 10.6 Å². The molecule has 1 unspecified atom stereocenters. The van der Waals surface area contributed by atoms with E-state index in [9.17, 15) is 9.90 Å². The number of aliphatic hydroxyl groups excluding tert-OH is 1. The molecule has 0 aliphatic heterocycles. The second-order valence-electron chi connectivity index (χ2n) is 5.44. The topological polar surface area (TPSA) is 61.4 Å². The van der Waals surface area contributed by atoms with Gasteiger partial charge >= 0.3 is 6.03 Å². The van der Waals surface area contributed by atoms with E-state index in [1.54, 1.807) is 0 Å². The van der Waals surface area contributed by atoms with Crippen LogP contribution in [0.4, 0.5) is 4.79 Å². The third-order valence-electron chi connectivity index (χ3n) is 3.63. The van der Waals surface area contributed by atoms with E-state index in [-0.39, 0.29) is 12.6 Å². The number of nitrogens with one attached hydrogen (secondary N) is 2. The minimum atomic E-state index is -0.491. The Labute approximate surface area is 104 Å². The molecule has 1 rings (SSSR count). The van der Waals surface area contributed by atoms with Crippen molar-refractivity contribution >= 4 is 6.03 Å². The zero-order valence-corrected chi connectivity index (χ0v) is 11.1. The van der Waals surface area contributed by atoms with Crippen LogP contribution < -0.4 is 10.6 Å². The zero-order chi connectivity index (χ0) is 12.7. The monoisotopic (exact) mass is 242 g/mol. The van der Waals surface area contributed by atoms with Crippen LogP contribution >= 0.6 is 0 Å². The van der Waals surface area contributed by atoms with Gasteiger partial charge in [-0.2, -0.15) is 0 Å². The van der Waals surface area contributed by atoms with Gasteiger partial charge in [-0.1, -0.05) is 32.6 Å². The number of amides is 2. The molecular weight excluding hydrogens is 216 g/mol. The Morgan fingerprint density at radius 1 is 1.47 bits per heavy atom. The van der Waals surface area contributed by atoms with Crippen LogP contribution in [0.1, 0.15) is 52.4 Å². The van der Waals surface area contributed by atoms with Crippen LogP contribution in [-0.2, 0) is 0 Å². The average molecular weight is 242 g/mol. The molecule has 0 heterocycles. The van der Waals surface area contributed by atoms with Gasteiger partial charge in [-0.3, -0.25) is 0 Å². The maximum atomic E-state index is 11.6. The van der Waals surface area contributed by atoms with E-state index < -0.39 is 5.54 Å². The quantitative estimate of drug-likeness (QED) is 0.639. The van der Waals surface area contributed by atoms with Gasteiger partial charge in [-0.15, -0.1) is 0 Å². The summed E-state index contributed by atoms with van der Waals surface area (Å²) in [6.07, 6.45) is 6.78. The molecule has 1 aliphatic rings. The normalized spacial score (nSPS) is 19.2. The van der Waals surface area contributed by atoms with Crippen LogP contribution in [0.3, 0.4) is 0 Å². The summed E-state index contributed by atoms with van der Waals surface area (Å²) in [5.74, 6) is 0.815. The average Bonchev–Trinajstić information content (AvgIpc) is 2.22. The zero-order valence-electron chi connectivity index (χ0n) is 11.1. The van der Waals surface area contributed by atoms with Crippen LogP contribution in [0.2, 0.25) is 0 Å². The number of aliphatic hydroxyl groups is 1. The summed E-state index contributed by atoms with van der Waals surface area (Å²) in [6, 6.07) is -0.158. The molecule has 0 spiro atoms. The second-order valence-corrected chi connectivity index (χ2v) is 5.44. The second kappa shape index (κ2) is 6.84. The molecule has 2 amide bonds. The molecular formula is C13H26N2O2. The van der Waals surface area contributed by atoms with E-state index in [4.69, 9.17) is 0 Å². The summed E-state index contributed by atoms with van der Waals surface area (Å²) in [5.41, 5.74) is -0.491. The summed E-state index contributed by atoms with van der Waals surface area (Å²) >= 11 is 0. The van der Waals surface area contributed by atoms with E-state index in [0.29, 0.717) is 0 Å². The van der Waals surface area contributed by atoms with E-state index >= 15 is 0 Å². The first-order valence-electron chi connectivity index (χ1n) is 6.76. The molecule has 0 aromatic carbocycles. The third kappa shape index (κ3) is 4.94. The van der Waals surface area contributed by atoms with Gasteiger partial charge in [-0.25, -0.2) is 4.79 Å². The number of rotatable bonds is 7. The summed E-state index contributed by atoms with van der Waals surface area (Å²) in [4.78, 5) is 11.6. The van der Waals surface area contributed by atoms with Crippen molar-refractivity contribution in [1.29, 1.82) is 0 Å². The SMILES string of the molecule is CCCC(C)(CO)NC(=O)NCCC1CCC1. The number of urea groups is 1. The van der Waals surface area contributed by atoms with Gasteiger partial charge in [0.05, 0.1) is 12.1 Å². The highest BCUT2D eigenvalue weighted by atomic mass is 16.3. The smallest absolute Gasteiger partial charge is 0.315 e. The minimum Gasteiger partial charge on any atom is -0.394 e.